The highest BCUT2D eigenvalue weighted by atomic mass is 35.5. The molecular formula is C11H15Cl2NO. The molecule has 15 heavy (non-hydrogen) atoms. The summed E-state index contributed by atoms with van der Waals surface area (Å²) in [5.74, 6) is 0. The van der Waals surface area contributed by atoms with Crippen molar-refractivity contribution in [3.63, 3.8) is 0 Å². The maximum absolute atomic E-state index is 10.4. The van der Waals surface area contributed by atoms with Crippen LogP contribution in [0.4, 0.5) is 0 Å². The van der Waals surface area contributed by atoms with Gasteiger partial charge in [-0.25, -0.2) is 0 Å². The Balaban J connectivity index is 0.00000112. The second kappa shape index (κ2) is 5.17. The number of rotatable bonds is 1. The van der Waals surface area contributed by atoms with Gasteiger partial charge in [0.2, 0.25) is 0 Å². The van der Waals surface area contributed by atoms with Gasteiger partial charge in [0.05, 0.1) is 5.60 Å². The molecule has 0 saturated carbocycles. The van der Waals surface area contributed by atoms with Crippen molar-refractivity contribution in [1.29, 1.82) is 0 Å². The van der Waals surface area contributed by atoms with E-state index in [0.29, 0.717) is 5.02 Å². The van der Waals surface area contributed by atoms with Gasteiger partial charge in [-0.15, -0.1) is 12.4 Å². The Morgan fingerprint density at radius 2 is 1.67 bits per heavy atom. The highest BCUT2D eigenvalue weighted by Crippen LogP contribution is 2.30. The molecule has 0 amide bonds. The molecule has 1 aliphatic heterocycles. The zero-order valence-electron chi connectivity index (χ0n) is 8.37. The van der Waals surface area contributed by atoms with Gasteiger partial charge >= 0.3 is 0 Å². The molecule has 0 unspecified atom stereocenters. The second-order valence-corrected chi connectivity index (χ2v) is 4.22. The minimum Gasteiger partial charge on any atom is -0.385 e. The van der Waals surface area contributed by atoms with Crippen LogP contribution in [0, 0.1) is 0 Å². The summed E-state index contributed by atoms with van der Waals surface area (Å²) in [6, 6.07) is 7.48. The molecular weight excluding hydrogens is 233 g/mol. The van der Waals surface area contributed by atoms with Crippen LogP contribution in [0.1, 0.15) is 18.4 Å². The van der Waals surface area contributed by atoms with Crippen molar-refractivity contribution >= 4 is 24.0 Å². The van der Waals surface area contributed by atoms with Crippen LogP contribution in [0.15, 0.2) is 24.3 Å². The van der Waals surface area contributed by atoms with Gasteiger partial charge in [-0.3, -0.25) is 0 Å². The molecule has 1 aromatic rings. The molecule has 2 N–H and O–H groups in total. The molecule has 1 saturated heterocycles. The predicted octanol–water partition coefficient (Wildman–Crippen LogP) is 2.33. The first-order valence-electron chi connectivity index (χ1n) is 4.90. The molecule has 1 aromatic carbocycles. The minimum atomic E-state index is -0.657. The van der Waals surface area contributed by atoms with Crippen LogP contribution in [0.5, 0.6) is 0 Å². The summed E-state index contributed by atoms with van der Waals surface area (Å²) in [5, 5.41) is 14.3. The maximum atomic E-state index is 10.4. The number of aliphatic hydroxyl groups is 1. The van der Waals surface area contributed by atoms with Crippen molar-refractivity contribution in [3.8, 4) is 0 Å². The van der Waals surface area contributed by atoms with E-state index < -0.39 is 5.60 Å². The van der Waals surface area contributed by atoms with Crippen molar-refractivity contribution in [2.45, 2.75) is 18.4 Å². The number of halogens is 2. The quantitative estimate of drug-likeness (QED) is 0.799. The van der Waals surface area contributed by atoms with Crippen LogP contribution < -0.4 is 5.32 Å². The summed E-state index contributed by atoms with van der Waals surface area (Å²) in [7, 11) is 0. The average molecular weight is 248 g/mol. The fourth-order valence-corrected chi connectivity index (χ4v) is 2.02. The lowest BCUT2D eigenvalue weighted by molar-refractivity contribution is 0.00595. The zero-order valence-corrected chi connectivity index (χ0v) is 9.94. The first kappa shape index (κ1) is 12.8. The third-order valence-corrected chi connectivity index (χ3v) is 3.06. The third-order valence-electron chi connectivity index (χ3n) is 2.81. The van der Waals surface area contributed by atoms with Crippen LogP contribution in [0.2, 0.25) is 5.02 Å². The molecule has 0 aliphatic carbocycles. The normalized spacial score (nSPS) is 19.3. The lowest BCUT2D eigenvalue weighted by Gasteiger charge is -2.33. The van der Waals surface area contributed by atoms with Crippen molar-refractivity contribution in [3.05, 3.63) is 34.9 Å². The molecule has 1 fully saturated rings. The summed E-state index contributed by atoms with van der Waals surface area (Å²) >= 11 is 5.80. The summed E-state index contributed by atoms with van der Waals surface area (Å²) in [6.07, 6.45) is 1.54. The summed E-state index contributed by atoms with van der Waals surface area (Å²) < 4.78 is 0. The highest BCUT2D eigenvalue weighted by molar-refractivity contribution is 6.30. The molecule has 0 radical (unpaired) electrons. The zero-order chi connectivity index (χ0) is 10.0. The average Bonchev–Trinajstić information content (AvgIpc) is 2.19. The van der Waals surface area contributed by atoms with Gasteiger partial charge in [0.25, 0.3) is 0 Å². The lowest BCUT2D eigenvalue weighted by Crippen LogP contribution is -2.39. The second-order valence-electron chi connectivity index (χ2n) is 3.79. The van der Waals surface area contributed by atoms with Gasteiger partial charge in [0, 0.05) is 5.02 Å². The summed E-state index contributed by atoms with van der Waals surface area (Å²) in [5.41, 5.74) is 0.318. The summed E-state index contributed by atoms with van der Waals surface area (Å²) in [6.45, 7) is 1.75. The van der Waals surface area contributed by atoms with E-state index in [0.717, 1.165) is 31.5 Å². The Hall–Kier alpha value is -0.280. The van der Waals surface area contributed by atoms with Gasteiger partial charge in [0.1, 0.15) is 0 Å². The molecule has 0 aromatic heterocycles. The van der Waals surface area contributed by atoms with Gasteiger partial charge in [0.15, 0.2) is 0 Å². The summed E-state index contributed by atoms with van der Waals surface area (Å²) in [4.78, 5) is 0. The van der Waals surface area contributed by atoms with E-state index in [4.69, 9.17) is 11.6 Å². The standard InChI is InChI=1S/C11H14ClNO.ClH/c12-10-3-1-9(2-4-10)11(14)5-7-13-8-6-11;/h1-4,13-14H,5-8H2;1H. The lowest BCUT2D eigenvalue weighted by atomic mass is 9.85. The topological polar surface area (TPSA) is 32.3 Å². The minimum absolute atomic E-state index is 0. The van der Waals surface area contributed by atoms with Crippen molar-refractivity contribution in [2.24, 2.45) is 0 Å². The first-order chi connectivity index (χ1) is 6.71. The van der Waals surface area contributed by atoms with Gasteiger partial charge in [-0.2, -0.15) is 0 Å². The molecule has 2 rings (SSSR count). The molecule has 2 nitrogen and oxygen atoms in total. The van der Waals surface area contributed by atoms with E-state index >= 15 is 0 Å². The van der Waals surface area contributed by atoms with Gasteiger partial charge < -0.3 is 10.4 Å². The van der Waals surface area contributed by atoms with Crippen LogP contribution in [0.25, 0.3) is 0 Å². The largest absolute Gasteiger partial charge is 0.385 e. The molecule has 0 bridgehead atoms. The monoisotopic (exact) mass is 247 g/mol. The third kappa shape index (κ3) is 2.85. The smallest absolute Gasteiger partial charge is 0.0920 e. The van der Waals surface area contributed by atoms with E-state index in [2.05, 4.69) is 5.32 Å². The van der Waals surface area contributed by atoms with E-state index in [-0.39, 0.29) is 12.4 Å². The fourth-order valence-electron chi connectivity index (χ4n) is 1.89. The molecule has 4 heteroatoms. The molecule has 1 heterocycles. The first-order valence-corrected chi connectivity index (χ1v) is 5.28. The molecule has 84 valence electrons. The number of nitrogens with one attached hydrogen (secondary N) is 1. The Kier molecular flexibility index (Phi) is 4.41. The van der Waals surface area contributed by atoms with E-state index in [1.54, 1.807) is 0 Å². The molecule has 0 spiro atoms. The highest BCUT2D eigenvalue weighted by Gasteiger charge is 2.30. The number of piperidine rings is 1. The van der Waals surface area contributed by atoms with Crippen LogP contribution in [0.3, 0.4) is 0 Å². The Bertz CT molecular complexity index is 307. The van der Waals surface area contributed by atoms with Crippen LogP contribution in [-0.4, -0.2) is 18.2 Å². The van der Waals surface area contributed by atoms with Crippen molar-refractivity contribution in [2.75, 3.05) is 13.1 Å². The van der Waals surface area contributed by atoms with Gasteiger partial charge in [-0.1, -0.05) is 23.7 Å². The fraction of sp³-hybridized carbons (Fsp3) is 0.455. The maximum Gasteiger partial charge on any atom is 0.0920 e. The van der Waals surface area contributed by atoms with Crippen molar-refractivity contribution in [1.82, 2.24) is 5.32 Å². The Morgan fingerprint density at radius 1 is 1.13 bits per heavy atom. The van der Waals surface area contributed by atoms with Gasteiger partial charge in [-0.05, 0) is 43.6 Å². The predicted molar refractivity (Wildman–Crippen MR) is 64.7 cm³/mol. The molecule has 1 aliphatic rings. The van der Waals surface area contributed by atoms with E-state index in [1.807, 2.05) is 24.3 Å². The Morgan fingerprint density at radius 3 is 2.20 bits per heavy atom. The molecule has 0 atom stereocenters. The van der Waals surface area contributed by atoms with Crippen LogP contribution in [-0.2, 0) is 5.60 Å². The van der Waals surface area contributed by atoms with E-state index in [1.165, 1.54) is 0 Å². The van der Waals surface area contributed by atoms with Crippen LogP contribution >= 0.6 is 24.0 Å². The number of hydrogen-bond acceptors (Lipinski definition) is 2. The Labute approximate surface area is 101 Å². The van der Waals surface area contributed by atoms with Crippen molar-refractivity contribution < 1.29 is 5.11 Å². The number of benzene rings is 1. The van der Waals surface area contributed by atoms with E-state index in [9.17, 15) is 5.11 Å². The number of hydrogen-bond donors (Lipinski definition) is 2. The SMILES string of the molecule is Cl.OC1(c2ccc(Cl)cc2)CCNCC1.